The number of carbonyl (C=O) groups is 2. The number of alkyl carbamates (subject to hydrolysis) is 1. The van der Waals surface area contributed by atoms with Crippen molar-refractivity contribution in [1.29, 1.82) is 0 Å². The van der Waals surface area contributed by atoms with E-state index in [0.717, 1.165) is 0 Å². The van der Waals surface area contributed by atoms with Gasteiger partial charge in [-0.2, -0.15) is 0 Å². The first-order valence-corrected chi connectivity index (χ1v) is 5.72. The van der Waals surface area contributed by atoms with Gasteiger partial charge in [0.05, 0.1) is 12.6 Å². The zero-order valence-electron chi connectivity index (χ0n) is 11.6. The van der Waals surface area contributed by atoms with Crippen LogP contribution in [-0.4, -0.2) is 51.1 Å². The van der Waals surface area contributed by atoms with Crippen LogP contribution in [0, 0.1) is 0 Å². The van der Waals surface area contributed by atoms with Crippen molar-refractivity contribution in [3.63, 3.8) is 0 Å². The minimum atomic E-state index is -0.547. The SMILES string of the molecule is CNC(=O)NC(CNC(=O)OC(C)(C)C)COC. The molecule has 0 bridgehead atoms. The summed E-state index contributed by atoms with van der Waals surface area (Å²) in [4.78, 5) is 22.6. The van der Waals surface area contributed by atoms with Crippen LogP contribution in [0.25, 0.3) is 0 Å². The summed E-state index contributed by atoms with van der Waals surface area (Å²) in [6.45, 7) is 5.87. The summed E-state index contributed by atoms with van der Waals surface area (Å²) in [5.41, 5.74) is -0.547. The molecule has 1 unspecified atom stereocenters. The lowest BCUT2D eigenvalue weighted by atomic mass is 10.2. The molecule has 3 amide bonds. The van der Waals surface area contributed by atoms with Crippen LogP contribution in [0.3, 0.4) is 0 Å². The number of rotatable bonds is 5. The van der Waals surface area contributed by atoms with Gasteiger partial charge in [0.2, 0.25) is 0 Å². The molecule has 1 atom stereocenters. The third kappa shape index (κ3) is 8.63. The zero-order valence-corrected chi connectivity index (χ0v) is 11.6. The fraction of sp³-hybridized carbons (Fsp3) is 0.818. The summed E-state index contributed by atoms with van der Waals surface area (Å²) in [6.07, 6.45) is -0.526. The monoisotopic (exact) mass is 261 g/mol. The molecular weight excluding hydrogens is 238 g/mol. The lowest BCUT2D eigenvalue weighted by Crippen LogP contribution is -2.49. The van der Waals surface area contributed by atoms with Crippen molar-refractivity contribution in [2.24, 2.45) is 0 Å². The van der Waals surface area contributed by atoms with E-state index >= 15 is 0 Å². The molecule has 0 aliphatic rings. The number of ether oxygens (including phenoxy) is 2. The third-order valence-electron chi connectivity index (χ3n) is 1.82. The molecule has 0 aromatic carbocycles. The van der Waals surface area contributed by atoms with Crippen molar-refractivity contribution in [1.82, 2.24) is 16.0 Å². The summed E-state index contributed by atoms with van der Waals surface area (Å²) in [6, 6.07) is -0.648. The van der Waals surface area contributed by atoms with Crippen molar-refractivity contribution in [3.8, 4) is 0 Å². The van der Waals surface area contributed by atoms with Crippen LogP contribution >= 0.6 is 0 Å². The normalized spacial score (nSPS) is 12.5. The van der Waals surface area contributed by atoms with Gasteiger partial charge in [0.25, 0.3) is 0 Å². The zero-order chi connectivity index (χ0) is 14.2. The lowest BCUT2D eigenvalue weighted by Gasteiger charge is -2.22. The maximum absolute atomic E-state index is 11.4. The number of urea groups is 1. The van der Waals surface area contributed by atoms with E-state index in [-0.39, 0.29) is 18.6 Å². The average molecular weight is 261 g/mol. The summed E-state index contributed by atoms with van der Waals surface area (Å²) in [7, 11) is 3.03. The Balaban J connectivity index is 4.10. The molecule has 0 heterocycles. The minimum absolute atomic E-state index is 0.232. The molecule has 7 nitrogen and oxygen atoms in total. The predicted octanol–water partition coefficient (Wildman–Crippen LogP) is 0.455. The van der Waals surface area contributed by atoms with Gasteiger partial charge in [0.1, 0.15) is 5.60 Å². The van der Waals surface area contributed by atoms with Gasteiger partial charge in [-0.05, 0) is 20.8 Å². The van der Waals surface area contributed by atoms with Crippen LogP contribution in [0.4, 0.5) is 9.59 Å². The van der Waals surface area contributed by atoms with E-state index in [1.807, 2.05) is 0 Å². The van der Waals surface area contributed by atoms with E-state index in [2.05, 4.69) is 16.0 Å². The molecular formula is C11H23N3O4. The Morgan fingerprint density at radius 2 is 1.89 bits per heavy atom. The molecule has 0 fully saturated rings. The Bertz CT molecular complexity index is 276. The Hall–Kier alpha value is -1.50. The first-order valence-electron chi connectivity index (χ1n) is 5.72. The molecule has 0 rings (SSSR count). The van der Waals surface area contributed by atoms with Crippen molar-refractivity contribution < 1.29 is 19.1 Å². The second-order valence-corrected chi connectivity index (χ2v) is 4.76. The summed E-state index contributed by atoms with van der Waals surface area (Å²) >= 11 is 0. The number of methoxy groups -OCH3 is 1. The third-order valence-corrected chi connectivity index (χ3v) is 1.82. The molecule has 0 aliphatic heterocycles. The van der Waals surface area contributed by atoms with E-state index in [1.54, 1.807) is 20.8 Å². The van der Waals surface area contributed by atoms with E-state index in [9.17, 15) is 9.59 Å². The highest BCUT2D eigenvalue weighted by atomic mass is 16.6. The molecule has 0 spiro atoms. The number of amides is 3. The average Bonchev–Trinajstić information content (AvgIpc) is 2.23. The highest BCUT2D eigenvalue weighted by Gasteiger charge is 2.18. The van der Waals surface area contributed by atoms with Crippen LogP contribution in [0.1, 0.15) is 20.8 Å². The van der Waals surface area contributed by atoms with Crippen molar-refractivity contribution in [2.75, 3.05) is 27.3 Å². The summed E-state index contributed by atoms with van der Waals surface area (Å²) < 4.78 is 10.0. The highest BCUT2D eigenvalue weighted by Crippen LogP contribution is 2.06. The molecule has 0 saturated carbocycles. The second kappa shape index (κ2) is 7.75. The van der Waals surface area contributed by atoms with Gasteiger partial charge >= 0.3 is 12.1 Å². The minimum Gasteiger partial charge on any atom is -0.444 e. The quantitative estimate of drug-likeness (QED) is 0.670. The van der Waals surface area contributed by atoms with Crippen LogP contribution in [0.15, 0.2) is 0 Å². The second-order valence-electron chi connectivity index (χ2n) is 4.76. The Kier molecular flexibility index (Phi) is 7.11. The van der Waals surface area contributed by atoms with Crippen LogP contribution in [0.5, 0.6) is 0 Å². The summed E-state index contributed by atoms with van der Waals surface area (Å²) in [5.74, 6) is 0. The fourth-order valence-corrected chi connectivity index (χ4v) is 1.13. The van der Waals surface area contributed by atoms with Gasteiger partial charge in [-0.15, -0.1) is 0 Å². The molecule has 0 aromatic rings. The van der Waals surface area contributed by atoms with Gasteiger partial charge in [0.15, 0.2) is 0 Å². The number of nitrogens with one attached hydrogen (secondary N) is 3. The predicted molar refractivity (Wildman–Crippen MR) is 67.5 cm³/mol. The molecule has 0 saturated heterocycles. The molecule has 7 heteroatoms. The first-order chi connectivity index (χ1) is 8.28. The summed E-state index contributed by atoms with van der Waals surface area (Å²) in [5, 5.41) is 7.64. The highest BCUT2D eigenvalue weighted by molar-refractivity contribution is 5.74. The molecule has 106 valence electrons. The van der Waals surface area contributed by atoms with E-state index in [1.165, 1.54) is 14.2 Å². The largest absolute Gasteiger partial charge is 0.444 e. The van der Waals surface area contributed by atoms with Crippen molar-refractivity contribution in [3.05, 3.63) is 0 Å². The molecule has 0 aliphatic carbocycles. The molecule has 0 aromatic heterocycles. The molecule has 0 radical (unpaired) electrons. The Labute approximate surface area is 108 Å². The maximum atomic E-state index is 11.4. The van der Waals surface area contributed by atoms with Gasteiger partial charge in [-0.1, -0.05) is 0 Å². The molecule has 3 N–H and O–H groups in total. The van der Waals surface area contributed by atoms with Crippen LogP contribution in [-0.2, 0) is 9.47 Å². The van der Waals surface area contributed by atoms with Crippen molar-refractivity contribution in [2.45, 2.75) is 32.4 Å². The van der Waals surface area contributed by atoms with Crippen LogP contribution in [0.2, 0.25) is 0 Å². The van der Waals surface area contributed by atoms with E-state index < -0.39 is 11.7 Å². The number of hydrogen-bond acceptors (Lipinski definition) is 4. The first kappa shape index (κ1) is 16.5. The van der Waals surface area contributed by atoms with E-state index in [0.29, 0.717) is 6.61 Å². The van der Waals surface area contributed by atoms with Gasteiger partial charge in [0, 0.05) is 20.7 Å². The van der Waals surface area contributed by atoms with Gasteiger partial charge in [-0.3, -0.25) is 0 Å². The smallest absolute Gasteiger partial charge is 0.407 e. The van der Waals surface area contributed by atoms with Gasteiger partial charge in [-0.25, -0.2) is 9.59 Å². The fourth-order valence-electron chi connectivity index (χ4n) is 1.13. The van der Waals surface area contributed by atoms with Crippen molar-refractivity contribution >= 4 is 12.1 Å². The Morgan fingerprint density at radius 1 is 1.28 bits per heavy atom. The lowest BCUT2D eigenvalue weighted by molar-refractivity contribution is 0.0514. The standard InChI is InChI=1S/C11H23N3O4/c1-11(2,3)18-10(16)13-6-8(7-17-5)14-9(15)12-4/h8H,6-7H2,1-5H3,(H,13,16)(H2,12,14,15). The number of carbonyl (C=O) groups excluding carboxylic acids is 2. The van der Waals surface area contributed by atoms with Crippen LogP contribution < -0.4 is 16.0 Å². The van der Waals surface area contributed by atoms with Gasteiger partial charge < -0.3 is 25.4 Å². The number of hydrogen-bond donors (Lipinski definition) is 3. The Morgan fingerprint density at radius 3 is 2.33 bits per heavy atom. The topological polar surface area (TPSA) is 88.7 Å². The van der Waals surface area contributed by atoms with E-state index in [4.69, 9.17) is 9.47 Å². The molecule has 18 heavy (non-hydrogen) atoms. The maximum Gasteiger partial charge on any atom is 0.407 e.